The maximum absolute atomic E-state index is 15.2. The van der Waals surface area contributed by atoms with Gasteiger partial charge < -0.3 is 10.1 Å². The van der Waals surface area contributed by atoms with Crippen molar-refractivity contribution in [2.45, 2.75) is 58.6 Å². The van der Waals surface area contributed by atoms with E-state index in [9.17, 15) is 9.59 Å². The van der Waals surface area contributed by atoms with Crippen LogP contribution in [0.15, 0.2) is 35.4 Å². The minimum atomic E-state index is -0.756. The fraction of sp³-hybridized carbons (Fsp3) is 0.391. The van der Waals surface area contributed by atoms with Crippen LogP contribution in [0, 0.1) is 5.82 Å². The third-order valence-corrected chi connectivity index (χ3v) is 5.84. The van der Waals surface area contributed by atoms with Gasteiger partial charge in [-0.25, -0.2) is 9.18 Å². The lowest BCUT2D eigenvalue weighted by Crippen LogP contribution is -2.27. The highest BCUT2D eigenvalue weighted by atomic mass is 35.5. The van der Waals surface area contributed by atoms with Crippen LogP contribution in [-0.4, -0.2) is 31.3 Å². The number of hydrogen-bond acceptors (Lipinski definition) is 5. The average molecular weight is 474 g/mol. The Balaban J connectivity index is 1.76. The molecule has 10 heteroatoms. The molecular formula is C23H25ClFN5O3. The molecule has 0 bridgehead atoms. The molecule has 2 aromatic heterocycles. The number of fused-ring (bicyclic) bond motifs is 1. The van der Waals surface area contributed by atoms with Crippen LogP contribution in [0.4, 0.5) is 10.1 Å². The van der Waals surface area contributed by atoms with E-state index in [1.54, 1.807) is 10.6 Å². The largest absolute Gasteiger partial charge is 0.490 e. The number of nitrogens with one attached hydrogen (secondary N) is 1. The molecule has 0 spiro atoms. The van der Waals surface area contributed by atoms with E-state index >= 15 is 4.39 Å². The highest BCUT2D eigenvalue weighted by Gasteiger charge is 2.24. The smallest absolute Gasteiger partial charge is 0.350 e. The Labute approximate surface area is 195 Å². The third-order valence-electron chi connectivity index (χ3n) is 5.54. The molecule has 174 valence electrons. The number of hydrogen-bond donors (Lipinski definition) is 1. The zero-order chi connectivity index (χ0) is 23.5. The van der Waals surface area contributed by atoms with Gasteiger partial charge in [0.25, 0.3) is 5.91 Å². The third kappa shape index (κ3) is 4.78. The van der Waals surface area contributed by atoms with Crippen LogP contribution in [0.5, 0.6) is 5.75 Å². The summed E-state index contributed by atoms with van der Waals surface area (Å²) in [7, 11) is 0. The number of benzene rings is 1. The second-order valence-electron chi connectivity index (χ2n) is 8.05. The second kappa shape index (κ2) is 9.74. The Morgan fingerprint density at radius 3 is 2.91 bits per heavy atom. The van der Waals surface area contributed by atoms with Crippen molar-refractivity contribution in [3.05, 3.63) is 63.3 Å². The van der Waals surface area contributed by atoms with Crippen molar-refractivity contribution < 1.29 is 13.9 Å². The second-order valence-corrected chi connectivity index (χ2v) is 8.45. The molecule has 33 heavy (non-hydrogen) atoms. The summed E-state index contributed by atoms with van der Waals surface area (Å²) in [6.07, 6.45) is 6.73. The zero-order valence-corrected chi connectivity index (χ0v) is 19.2. The molecule has 0 fully saturated rings. The number of amides is 1. The number of rotatable bonds is 7. The number of anilines is 1. The first-order valence-corrected chi connectivity index (χ1v) is 11.4. The van der Waals surface area contributed by atoms with E-state index in [1.807, 2.05) is 13.8 Å². The predicted octanol–water partition coefficient (Wildman–Crippen LogP) is 4.38. The Kier molecular flexibility index (Phi) is 6.78. The fourth-order valence-electron chi connectivity index (χ4n) is 3.88. The molecule has 1 aromatic carbocycles. The van der Waals surface area contributed by atoms with E-state index in [0.717, 1.165) is 36.4 Å². The topological polar surface area (TPSA) is 91.0 Å². The first-order chi connectivity index (χ1) is 15.9. The molecule has 3 aromatic rings. The van der Waals surface area contributed by atoms with E-state index in [2.05, 4.69) is 15.4 Å². The van der Waals surface area contributed by atoms with Crippen molar-refractivity contribution in [3.63, 3.8) is 0 Å². The van der Waals surface area contributed by atoms with Crippen molar-refractivity contribution in [2.24, 2.45) is 0 Å². The van der Waals surface area contributed by atoms with Crippen molar-refractivity contribution in [1.29, 1.82) is 0 Å². The quantitative estimate of drug-likeness (QED) is 0.550. The SMILES string of the molecule is CCCC(C)Oc1cc(-n2nc3n(c2=O)CCCC3)c(F)cc1C(=O)Nc1ccncc1Cl. The van der Waals surface area contributed by atoms with E-state index in [-0.39, 0.29) is 28.1 Å². The molecule has 1 aliphatic rings. The van der Waals surface area contributed by atoms with E-state index < -0.39 is 17.4 Å². The van der Waals surface area contributed by atoms with Crippen LogP contribution >= 0.6 is 11.6 Å². The standard InChI is InChI=1S/C23H25ClFN5O3/c1-3-6-14(2)33-20-12-19(30-23(32)29-10-5-4-7-21(29)28-30)17(25)11-15(20)22(31)27-18-8-9-26-13-16(18)24/h8-9,11-14H,3-7,10H2,1-2H3,(H,26,27,31). The summed E-state index contributed by atoms with van der Waals surface area (Å²) in [5.74, 6) is -0.563. The minimum absolute atomic E-state index is 0.0101. The number of aromatic nitrogens is 4. The number of aryl methyl sites for hydroxylation is 1. The Bertz CT molecular complexity index is 1240. The molecule has 0 saturated heterocycles. The Morgan fingerprint density at radius 2 is 2.18 bits per heavy atom. The van der Waals surface area contributed by atoms with Gasteiger partial charge in [0.1, 0.15) is 23.1 Å². The molecule has 3 heterocycles. The van der Waals surface area contributed by atoms with Crippen molar-refractivity contribution in [1.82, 2.24) is 19.3 Å². The normalized spacial score (nSPS) is 13.9. The number of carbonyl (C=O) groups excluding carboxylic acids is 1. The lowest BCUT2D eigenvalue weighted by molar-refractivity contribution is 0.101. The van der Waals surface area contributed by atoms with Crippen LogP contribution in [0.2, 0.25) is 5.02 Å². The van der Waals surface area contributed by atoms with Crippen LogP contribution < -0.4 is 15.7 Å². The molecule has 4 rings (SSSR count). The van der Waals surface area contributed by atoms with Gasteiger partial charge in [-0.2, -0.15) is 4.68 Å². The maximum Gasteiger partial charge on any atom is 0.350 e. The monoisotopic (exact) mass is 473 g/mol. The lowest BCUT2D eigenvalue weighted by atomic mass is 10.1. The number of nitrogens with zero attached hydrogens (tertiary/aromatic N) is 4. The van der Waals surface area contributed by atoms with Gasteiger partial charge in [-0.05, 0) is 38.3 Å². The van der Waals surface area contributed by atoms with Crippen molar-refractivity contribution in [2.75, 3.05) is 5.32 Å². The number of halogens is 2. The van der Waals surface area contributed by atoms with Gasteiger partial charge >= 0.3 is 5.69 Å². The summed E-state index contributed by atoms with van der Waals surface area (Å²) in [6, 6.07) is 3.98. The lowest BCUT2D eigenvalue weighted by Gasteiger charge is -2.18. The molecule has 0 saturated carbocycles. The van der Waals surface area contributed by atoms with Gasteiger partial charge in [0.05, 0.1) is 22.4 Å². The number of ether oxygens (including phenoxy) is 1. The van der Waals surface area contributed by atoms with Gasteiger partial charge in [0, 0.05) is 31.4 Å². The van der Waals surface area contributed by atoms with Crippen LogP contribution in [0.25, 0.3) is 5.69 Å². The minimum Gasteiger partial charge on any atom is -0.490 e. The molecule has 1 N–H and O–H groups in total. The fourth-order valence-corrected chi connectivity index (χ4v) is 4.05. The number of pyridine rings is 1. The van der Waals surface area contributed by atoms with Crippen molar-refractivity contribution >= 4 is 23.2 Å². The summed E-state index contributed by atoms with van der Waals surface area (Å²) in [4.78, 5) is 29.8. The van der Waals surface area contributed by atoms with Gasteiger partial charge in [-0.1, -0.05) is 24.9 Å². The molecular weight excluding hydrogens is 449 g/mol. The first-order valence-electron chi connectivity index (χ1n) is 11.0. The molecule has 1 aliphatic heterocycles. The summed E-state index contributed by atoms with van der Waals surface area (Å²) >= 11 is 6.09. The molecule has 1 unspecified atom stereocenters. The van der Waals surface area contributed by atoms with Crippen LogP contribution in [-0.2, 0) is 13.0 Å². The van der Waals surface area contributed by atoms with E-state index in [4.69, 9.17) is 16.3 Å². The maximum atomic E-state index is 15.2. The molecule has 8 nitrogen and oxygen atoms in total. The first kappa shape index (κ1) is 23.0. The highest BCUT2D eigenvalue weighted by molar-refractivity contribution is 6.33. The number of carbonyl (C=O) groups is 1. The molecule has 0 radical (unpaired) electrons. The van der Waals surface area contributed by atoms with Crippen molar-refractivity contribution in [3.8, 4) is 11.4 Å². The Morgan fingerprint density at radius 1 is 1.36 bits per heavy atom. The van der Waals surface area contributed by atoms with E-state index in [1.165, 1.54) is 18.5 Å². The van der Waals surface area contributed by atoms with E-state index in [0.29, 0.717) is 24.5 Å². The summed E-state index contributed by atoms with van der Waals surface area (Å²) in [5.41, 5.74) is -0.133. The molecule has 0 aliphatic carbocycles. The summed E-state index contributed by atoms with van der Waals surface area (Å²) in [5, 5.41) is 7.25. The summed E-state index contributed by atoms with van der Waals surface area (Å²) in [6.45, 7) is 4.44. The van der Waals surface area contributed by atoms with Gasteiger partial charge in [0.15, 0.2) is 0 Å². The summed E-state index contributed by atoms with van der Waals surface area (Å²) < 4.78 is 23.9. The van der Waals surface area contributed by atoms with Gasteiger partial charge in [-0.3, -0.25) is 14.3 Å². The highest BCUT2D eigenvalue weighted by Crippen LogP contribution is 2.29. The predicted molar refractivity (Wildman–Crippen MR) is 123 cm³/mol. The van der Waals surface area contributed by atoms with Crippen LogP contribution in [0.1, 0.15) is 55.7 Å². The van der Waals surface area contributed by atoms with Crippen LogP contribution in [0.3, 0.4) is 0 Å². The molecule has 1 amide bonds. The van der Waals surface area contributed by atoms with Gasteiger partial charge in [-0.15, -0.1) is 5.10 Å². The molecule has 1 atom stereocenters. The van der Waals surface area contributed by atoms with Gasteiger partial charge in [0.2, 0.25) is 0 Å². The average Bonchev–Trinajstić information content (AvgIpc) is 3.13. The zero-order valence-electron chi connectivity index (χ0n) is 18.5. The Hall–Kier alpha value is -3.20.